The van der Waals surface area contributed by atoms with Crippen molar-refractivity contribution < 1.29 is 13.2 Å². The molecule has 0 unspecified atom stereocenters. The molecule has 0 saturated heterocycles. The van der Waals surface area contributed by atoms with E-state index < -0.39 is 17.3 Å². The number of hydrogen-bond acceptors (Lipinski definition) is 5. The lowest BCUT2D eigenvalue weighted by molar-refractivity contribution is -0.137. The number of rotatable bonds is 4. The molecule has 0 amide bonds. The van der Waals surface area contributed by atoms with Gasteiger partial charge in [-0.3, -0.25) is 4.79 Å². The van der Waals surface area contributed by atoms with Crippen LogP contribution < -0.4 is 10.5 Å². The third kappa shape index (κ3) is 4.14. The zero-order valence-electron chi connectivity index (χ0n) is 14.3. The first kappa shape index (κ1) is 19.4. The van der Waals surface area contributed by atoms with Crippen molar-refractivity contribution in [1.29, 1.82) is 0 Å². The zero-order valence-corrected chi connectivity index (χ0v) is 15.9. The second-order valence-corrected chi connectivity index (χ2v) is 7.26. The molecule has 0 aliphatic rings. The van der Waals surface area contributed by atoms with E-state index in [2.05, 4.69) is 10.1 Å². The Balaban J connectivity index is 1.95. The predicted octanol–water partition coefficient (Wildman–Crippen LogP) is 4.31. The number of halogens is 4. The SMILES string of the molecule is Cc1nc(CN(C)c2cnn(-c3cccc(C(F)(F)F)c3)c(=O)c2Cl)cs1. The van der Waals surface area contributed by atoms with E-state index in [4.69, 9.17) is 11.6 Å². The summed E-state index contributed by atoms with van der Waals surface area (Å²) in [4.78, 5) is 18.6. The van der Waals surface area contributed by atoms with Gasteiger partial charge in [-0.05, 0) is 25.1 Å². The average Bonchev–Trinajstić information content (AvgIpc) is 3.01. The molecule has 0 aliphatic carbocycles. The molecule has 2 heterocycles. The van der Waals surface area contributed by atoms with Gasteiger partial charge in [0, 0.05) is 12.4 Å². The number of nitrogens with zero attached hydrogens (tertiary/aromatic N) is 4. The van der Waals surface area contributed by atoms with Gasteiger partial charge in [-0.2, -0.15) is 23.0 Å². The molecular formula is C17H14ClF3N4OS. The maximum atomic E-state index is 12.9. The van der Waals surface area contributed by atoms with Gasteiger partial charge in [0.25, 0.3) is 5.56 Å². The lowest BCUT2D eigenvalue weighted by Gasteiger charge is -2.19. The van der Waals surface area contributed by atoms with Crippen molar-refractivity contribution in [2.75, 3.05) is 11.9 Å². The minimum absolute atomic E-state index is 0.0129. The van der Waals surface area contributed by atoms with Crippen LogP contribution in [0.1, 0.15) is 16.3 Å². The molecule has 3 aromatic rings. The number of hydrogen-bond donors (Lipinski definition) is 0. The van der Waals surface area contributed by atoms with Crippen LogP contribution in [-0.4, -0.2) is 21.8 Å². The first-order valence-corrected chi connectivity index (χ1v) is 9.00. The van der Waals surface area contributed by atoms with E-state index in [0.29, 0.717) is 12.2 Å². The first-order chi connectivity index (χ1) is 12.7. The Bertz CT molecular complexity index is 1030. The van der Waals surface area contributed by atoms with E-state index in [0.717, 1.165) is 27.5 Å². The molecule has 0 saturated carbocycles. The minimum Gasteiger partial charge on any atom is -0.366 e. The van der Waals surface area contributed by atoms with E-state index in [1.165, 1.54) is 29.7 Å². The van der Waals surface area contributed by atoms with Crippen LogP contribution in [0.2, 0.25) is 5.02 Å². The third-order valence-corrected chi connectivity index (χ3v) is 4.97. The van der Waals surface area contributed by atoms with Gasteiger partial charge in [0.05, 0.1) is 40.4 Å². The zero-order chi connectivity index (χ0) is 19.8. The number of alkyl halides is 3. The Morgan fingerprint density at radius 3 is 2.70 bits per heavy atom. The van der Waals surface area contributed by atoms with Gasteiger partial charge >= 0.3 is 6.18 Å². The van der Waals surface area contributed by atoms with Crippen molar-refractivity contribution in [3.63, 3.8) is 0 Å². The lowest BCUT2D eigenvalue weighted by Crippen LogP contribution is -2.26. The highest BCUT2D eigenvalue weighted by molar-refractivity contribution is 7.09. The number of anilines is 1. The molecule has 142 valence electrons. The summed E-state index contributed by atoms with van der Waals surface area (Å²) in [6.45, 7) is 2.30. The number of aryl methyl sites for hydroxylation is 1. The van der Waals surface area contributed by atoms with E-state index in [1.54, 1.807) is 11.9 Å². The van der Waals surface area contributed by atoms with Gasteiger partial charge in [-0.15, -0.1) is 11.3 Å². The summed E-state index contributed by atoms with van der Waals surface area (Å²) in [5.41, 5.74) is -0.394. The molecule has 0 spiro atoms. The van der Waals surface area contributed by atoms with Crippen molar-refractivity contribution >= 4 is 28.6 Å². The summed E-state index contributed by atoms with van der Waals surface area (Å²) >= 11 is 7.70. The van der Waals surface area contributed by atoms with Gasteiger partial charge in [0.15, 0.2) is 0 Å². The molecule has 2 aromatic heterocycles. The maximum absolute atomic E-state index is 12.9. The van der Waals surface area contributed by atoms with Gasteiger partial charge in [-0.1, -0.05) is 17.7 Å². The fourth-order valence-electron chi connectivity index (χ4n) is 2.50. The van der Waals surface area contributed by atoms with Crippen LogP contribution in [0.15, 0.2) is 40.6 Å². The molecule has 1 aromatic carbocycles. The summed E-state index contributed by atoms with van der Waals surface area (Å²) in [5, 5.41) is 6.68. The van der Waals surface area contributed by atoms with E-state index in [1.807, 2.05) is 12.3 Å². The highest BCUT2D eigenvalue weighted by Gasteiger charge is 2.30. The van der Waals surface area contributed by atoms with Crippen LogP contribution in [0, 0.1) is 6.92 Å². The average molecular weight is 415 g/mol. The number of thiazole rings is 1. The molecule has 0 aliphatic heterocycles. The van der Waals surface area contributed by atoms with Gasteiger partial charge in [-0.25, -0.2) is 4.98 Å². The molecule has 10 heteroatoms. The van der Waals surface area contributed by atoms with Crippen molar-refractivity contribution in [2.45, 2.75) is 19.6 Å². The van der Waals surface area contributed by atoms with Crippen molar-refractivity contribution in [1.82, 2.24) is 14.8 Å². The summed E-state index contributed by atoms with van der Waals surface area (Å²) in [6.07, 6.45) is -3.17. The van der Waals surface area contributed by atoms with Gasteiger partial charge in [0.2, 0.25) is 0 Å². The van der Waals surface area contributed by atoms with E-state index in [9.17, 15) is 18.0 Å². The van der Waals surface area contributed by atoms with E-state index >= 15 is 0 Å². The van der Waals surface area contributed by atoms with Crippen LogP contribution in [0.5, 0.6) is 0 Å². The maximum Gasteiger partial charge on any atom is 0.416 e. The van der Waals surface area contributed by atoms with Crippen molar-refractivity contribution in [2.24, 2.45) is 0 Å². The van der Waals surface area contributed by atoms with Crippen molar-refractivity contribution in [3.05, 3.63) is 67.5 Å². The summed E-state index contributed by atoms with van der Waals surface area (Å²) in [6, 6.07) is 4.35. The Labute approximate surface area is 161 Å². The number of benzene rings is 1. The second kappa shape index (κ2) is 7.32. The number of aromatic nitrogens is 3. The molecule has 27 heavy (non-hydrogen) atoms. The smallest absolute Gasteiger partial charge is 0.366 e. The van der Waals surface area contributed by atoms with Gasteiger partial charge in [0.1, 0.15) is 5.02 Å². The standard InChI is InChI=1S/C17H14ClF3N4OS/c1-10-23-12(9-27-10)8-24(2)14-7-22-25(16(26)15(14)18)13-5-3-4-11(6-13)17(19,20)21/h3-7,9H,8H2,1-2H3. The summed E-state index contributed by atoms with van der Waals surface area (Å²) in [5.74, 6) is 0. The quantitative estimate of drug-likeness (QED) is 0.638. The first-order valence-electron chi connectivity index (χ1n) is 7.74. The molecular weight excluding hydrogens is 401 g/mol. The Morgan fingerprint density at radius 2 is 2.07 bits per heavy atom. The topological polar surface area (TPSA) is 51.0 Å². The predicted molar refractivity (Wildman–Crippen MR) is 98.8 cm³/mol. The van der Waals surface area contributed by atoms with Crippen molar-refractivity contribution in [3.8, 4) is 5.69 Å². The summed E-state index contributed by atoms with van der Waals surface area (Å²) in [7, 11) is 1.73. The van der Waals surface area contributed by atoms with E-state index in [-0.39, 0.29) is 10.7 Å². The van der Waals surface area contributed by atoms with Crippen LogP contribution in [0.3, 0.4) is 0 Å². The molecule has 0 radical (unpaired) electrons. The molecule has 0 atom stereocenters. The minimum atomic E-state index is -4.52. The van der Waals surface area contributed by atoms with Crippen LogP contribution >= 0.6 is 22.9 Å². The fourth-order valence-corrected chi connectivity index (χ4v) is 3.37. The van der Waals surface area contributed by atoms with Crippen LogP contribution in [-0.2, 0) is 12.7 Å². The Morgan fingerprint density at radius 1 is 1.33 bits per heavy atom. The Kier molecular flexibility index (Phi) is 5.25. The monoisotopic (exact) mass is 414 g/mol. The van der Waals surface area contributed by atoms with Gasteiger partial charge < -0.3 is 4.90 Å². The summed E-state index contributed by atoms with van der Waals surface area (Å²) < 4.78 is 39.5. The largest absolute Gasteiger partial charge is 0.416 e. The molecule has 0 bridgehead atoms. The molecule has 0 N–H and O–H groups in total. The molecule has 3 rings (SSSR count). The fraction of sp³-hybridized carbons (Fsp3) is 0.235. The molecule has 0 fully saturated rings. The highest BCUT2D eigenvalue weighted by Crippen LogP contribution is 2.30. The molecule has 5 nitrogen and oxygen atoms in total. The highest BCUT2D eigenvalue weighted by atomic mass is 35.5. The van der Waals surface area contributed by atoms with Crippen LogP contribution in [0.4, 0.5) is 18.9 Å². The second-order valence-electron chi connectivity index (χ2n) is 5.82. The normalized spacial score (nSPS) is 11.6. The van der Waals surface area contributed by atoms with Crippen LogP contribution in [0.25, 0.3) is 5.69 Å². The lowest BCUT2D eigenvalue weighted by atomic mass is 10.2. The third-order valence-electron chi connectivity index (χ3n) is 3.80. The Hall–Kier alpha value is -2.39.